The first kappa shape index (κ1) is 16.0. The highest BCUT2D eigenvalue weighted by atomic mass is 35.5. The Hall–Kier alpha value is -0.470. The van der Waals surface area contributed by atoms with Gasteiger partial charge in [0.15, 0.2) is 0 Å². The Labute approximate surface area is 95.9 Å². The molecule has 0 unspecified atom stereocenters. The summed E-state index contributed by atoms with van der Waals surface area (Å²) in [5.74, 6) is 0.167. The van der Waals surface area contributed by atoms with Gasteiger partial charge in [-0.15, -0.1) is 0 Å². The number of carbonyl (C=O) groups excluding carboxylic acids is 1. The summed E-state index contributed by atoms with van der Waals surface area (Å²) in [5.41, 5.74) is 0. The smallest absolute Gasteiger partial charge is 0.126 e. The number of hydrogen-bond donors (Lipinski definition) is 0. The van der Waals surface area contributed by atoms with Crippen molar-refractivity contribution in [3.05, 3.63) is 35.4 Å². The van der Waals surface area contributed by atoms with Crippen LogP contribution >= 0.6 is 23.4 Å². The van der Waals surface area contributed by atoms with Crippen LogP contribution in [0.3, 0.4) is 0 Å². The minimum atomic E-state index is 0.167. The van der Waals surface area contributed by atoms with Crippen LogP contribution < -0.4 is 0 Å². The Bertz CT molecular complexity index is 220. The van der Waals surface area contributed by atoms with Gasteiger partial charge in [0, 0.05) is 5.02 Å². The van der Waals surface area contributed by atoms with Crippen LogP contribution in [0.2, 0.25) is 5.02 Å². The summed E-state index contributed by atoms with van der Waals surface area (Å²) >= 11 is 7.29. The monoisotopic (exact) mass is 232 g/mol. The molecular weight excluding hydrogens is 216 g/mol. The van der Waals surface area contributed by atoms with Crippen LogP contribution in [0.5, 0.6) is 0 Å². The second kappa shape index (κ2) is 12.5. The largest absolute Gasteiger partial charge is 0.300 e. The van der Waals surface area contributed by atoms with E-state index in [2.05, 4.69) is 0 Å². The zero-order valence-corrected chi connectivity index (χ0v) is 10.7. The number of carbonyl (C=O) groups is 1. The number of ketones is 1. The molecule has 1 aromatic carbocycles. The van der Waals surface area contributed by atoms with E-state index in [-0.39, 0.29) is 5.78 Å². The van der Waals surface area contributed by atoms with Gasteiger partial charge in [0.25, 0.3) is 0 Å². The number of halogens is 1. The molecule has 0 aliphatic heterocycles. The molecule has 1 nitrogen and oxygen atoms in total. The van der Waals surface area contributed by atoms with Crippen molar-refractivity contribution < 1.29 is 4.79 Å². The molecule has 0 aliphatic rings. The fourth-order valence-electron chi connectivity index (χ4n) is 0.415. The van der Waals surface area contributed by atoms with E-state index in [1.807, 2.05) is 42.8 Å². The van der Waals surface area contributed by atoms with Crippen LogP contribution in [-0.4, -0.2) is 18.3 Å². The predicted molar refractivity (Wildman–Crippen MR) is 67.2 cm³/mol. The molecule has 0 N–H and O–H groups in total. The Morgan fingerprint density at radius 1 is 1.14 bits per heavy atom. The zero-order chi connectivity index (χ0) is 11.4. The van der Waals surface area contributed by atoms with Crippen molar-refractivity contribution in [2.75, 3.05) is 12.5 Å². The maximum atomic E-state index is 9.44. The summed E-state index contributed by atoms with van der Waals surface area (Å²) < 4.78 is 0. The van der Waals surface area contributed by atoms with Gasteiger partial charge in [-0.25, -0.2) is 0 Å². The first-order valence-corrected chi connectivity index (χ1v) is 6.13. The van der Waals surface area contributed by atoms with Crippen LogP contribution in [0.15, 0.2) is 30.3 Å². The minimum Gasteiger partial charge on any atom is -0.300 e. The molecule has 1 rings (SSSR count). The third kappa shape index (κ3) is 22.5. The normalized spacial score (nSPS) is 7.50. The maximum Gasteiger partial charge on any atom is 0.126 e. The van der Waals surface area contributed by atoms with E-state index in [0.717, 1.165) is 5.02 Å². The summed E-state index contributed by atoms with van der Waals surface area (Å²) in [6.07, 6.45) is 4.08. The first-order valence-electron chi connectivity index (χ1n) is 4.12. The molecule has 0 spiro atoms. The lowest BCUT2D eigenvalue weighted by Gasteiger charge is -1.80. The van der Waals surface area contributed by atoms with Gasteiger partial charge in [-0.2, -0.15) is 11.8 Å². The highest BCUT2D eigenvalue weighted by Crippen LogP contribution is 2.03. The van der Waals surface area contributed by atoms with E-state index in [0.29, 0.717) is 0 Å². The topological polar surface area (TPSA) is 17.1 Å². The van der Waals surface area contributed by atoms with Crippen molar-refractivity contribution in [3.63, 3.8) is 0 Å². The van der Waals surface area contributed by atoms with Crippen molar-refractivity contribution >= 4 is 29.1 Å². The Balaban J connectivity index is 0. The summed E-state index contributed by atoms with van der Waals surface area (Å²) in [6, 6.07) is 9.44. The minimum absolute atomic E-state index is 0.167. The molecule has 0 saturated heterocycles. The van der Waals surface area contributed by atoms with Crippen LogP contribution in [0.25, 0.3) is 0 Å². The third-order valence-corrected chi connectivity index (χ3v) is 0.985. The summed E-state index contributed by atoms with van der Waals surface area (Å²) in [5, 5.41) is 0.794. The lowest BCUT2D eigenvalue weighted by molar-refractivity contribution is -0.114. The lowest BCUT2D eigenvalue weighted by Crippen LogP contribution is -1.69. The van der Waals surface area contributed by atoms with Crippen molar-refractivity contribution in [1.29, 1.82) is 0 Å². The predicted octanol–water partition coefficient (Wildman–Crippen LogP) is 3.91. The molecule has 0 aromatic heterocycles. The fourth-order valence-corrected chi connectivity index (χ4v) is 0.560. The average Bonchev–Trinajstić information content (AvgIpc) is 2.05. The lowest BCUT2D eigenvalue weighted by atomic mass is 10.4. The van der Waals surface area contributed by atoms with Gasteiger partial charge in [-0.05, 0) is 38.5 Å². The van der Waals surface area contributed by atoms with E-state index in [4.69, 9.17) is 11.6 Å². The zero-order valence-electron chi connectivity index (χ0n) is 9.08. The van der Waals surface area contributed by atoms with Gasteiger partial charge < -0.3 is 4.79 Å². The molecule has 1 aromatic rings. The molecule has 3 heteroatoms. The molecule has 80 valence electrons. The number of hydrogen-bond acceptors (Lipinski definition) is 2. The second-order valence-corrected chi connectivity index (χ2v) is 3.86. The average molecular weight is 233 g/mol. The summed E-state index contributed by atoms with van der Waals surface area (Å²) in [6.45, 7) is 3.06. The highest BCUT2D eigenvalue weighted by Gasteiger charge is 1.74. The molecule has 0 saturated carbocycles. The van der Waals surface area contributed by atoms with Gasteiger partial charge in [0.1, 0.15) is 5.78 Å². The van der Waals surface area contributed by atoms with Gasteiger partial charge in [0.05, 0.1) is 0 Å². The standard InChI is InChI=1S/C6H5Cl.C3H6O.C2H6S/c7-6-4-2-1-3-5-6;1-3(2)4;1-3-2/h1-5H;1-2H3;1-2H3. The van der Waals surface area contributed by atoms with E-state index < -0.39 is 0 Å². The molecule has 0 amide bonds. The number of benzene rings is 1. The molecule has 0 bridgehead atoms. The number of thioether (sulfide) groups is 1. The SMILES string of the molecule is CC(C)=O.CSC.Clc1ccccc1. The summed E-state index contributed by atoms with van der Waals surface area (Å²) in [7, 11) is 0. The van der Waals surface area contributed by atoms with Crippen molar-refractivity contribution in [1.82, 2.24) is 0 Å². The molecule has 0 fully saturated rings. The van der Waals surface area contributed by atoms with Crippen LogP contribution in [0, 0.1) is 0 Å². The summed E-state index contributed by atoms with van der Waals surface area (Å²) in [4.78, 5) is 9.44. The van der Waals surface area contributed by atoms with Gasteiger partial charge in [0.2, 0.25) is 0 Å². The maximum absolute atomic E-state index is 9.44. The van der Waals surface area contributed by atoms with Gasteiger partial charge in [-0.1, -0.05) is 29.8 Å². The molecule has 0 radical (unpaired) electrons. The first-order chi connectivity index (χ1) is 6.54. The molecule has 14 heavy (non-hydrogen) atoms. The second-order valence-electron chi connectivity index (χ2n) is 2.61. The molecule has 0 aliphatic carbocycles. The Morgan fingerprint density at radius 2 is 1.43 bits per heavy atom. The molecular formula is C11H17ClOS. The van der Waals surface area contributed by atoms with Crippen molar-refractivity contribution in [2.45, 2.75) is 13.8 Å². The number of rotatable bonds is 0. The molecule has 0 atom stereocenters. The number of Topliss-reactive ketones (excluding diaryl/α,β-unsaturated/α-hetero) is 1. The molecule has 0 heterocycles. The van der Waals surface area contributed by atoms with Crippen molar-refractivity contribution in [2.24, 2.45) is 0 Å². The van der Waals surface area contributed by atoms with Crippen LogP contribution in [-0.2, 0) is 4.79 Å². The van der Waals surface area contributed by atoms with E-state index in [1.165, 1.54) is 13.8 Å². The van der Waals surface area contributed by atoms with Gasteiger partial charge in [-0.3, -0.25) is 0 Å². The Kier molecular flexibility index (Phi) is 14.3. The van der Waals surface area contributed by atoms with E-state index in [1.54, 1.807) is 11.8 Å². The van der Waals surface area contributed by atoms with Crippen molar-refractivity contribution in [3.8, 4) is 0 Å². The third-order valence-electron chi connectivity index (χ3n) is 0.733. The Morgan fingerprint density at radius 3 is 1.57 bits per heavy atom. The fraction of sp³-hybridized carbons (Fsp3) is 0.364. The van der Waals surface area contributed by atoms with Crippen LogP contribution in [0.1, 0.15) is 13.8 Å². The van der Waals surface area contributed by atoms with Gasteiger partial charge >= 0.3 is 0 Å². The highest BCUT2D eigenvalue weighted by molar-refractivity contribution is 7.97. The van der Waals surface area contributed by atoms with E-state index >= 15 is 0 Å². The van der Waals surface area contributed by atoms with E-state index in [9.17, 15) is 4.79 Å². The quantitative estimate of drug-likeness (QED) is 0.675. The van der Waals surface area contributed by atoms with Crippen LogP contribution in [0.4, 0.5) is 0 Å².